The minimum Gasteiger partial charge on any atom is -0.497 e. The zero-order valence-electron chi connectivity index (χ0n) is 16.1. The SMILES string of the molecule is COc1ccc(-n2nnc(-c3nsc(NC(=O)c4ccccc4C)n3)c2C)cc1. The van der Waals surface area contributed by atoms with Crippen molar-refractivity contribution in [1.29, 1.82) is 0 Å². The Kier molecular flexibility index (Phi) is 5.05. The first-order valence-electron chi connectivity index (χ1n) is 8.84. The molecule has 0 aliphatic carbocycles. The van der Waals surface area contributed by atoms with Gasteiger partial charge < -0.3 is 4.74 Å². The van der Waals surface area contributed by atoms with E-state index in [1.54, 1.807) is 17.9 Å². The number of benzene rings is 2. The highest BCUT2D eigenvalue weighted by Crippen LogP contribution is 2.25. The number of carbonyl (C=O) groups is 1. The molecule has 0 aliphatic rings. The van der Waals surface area contributed by atoms with E-state index in [-0.39, 0.29) is 5.91 Å². The van der Waals surface area contributed by atoms with E-state index in [0.29, 0.717) is 22.2 Å². The van der Waals surface area contributed by atoms with E-state index in [4.69, 9.17) is 4.74 Å². The third-order valence-corrected chi connectivity index (χ3v) is 5.09. The van der Waals surface area contributed by atoms with Crippen molar-refractivity contribution < 1.29 is 9.53 Å². The maximum Gasteiger partial charge on any atom is 0.257 e. The Morgan fingerprint density at radius 3 is 2.59 bits per heavy atom. The smallest absolute Gasteiger partial charge is 0.257 e. The maximum absolute atomic E-state index is 12.5. The van der Waals surface area contributed by atoms with Gasteiger partial charge in [-0.05, 0) is 49.7 Å². The van der Waals surface area contributed by atoms with E-state index in [1.807, 2.05) is 56.3 Å². The molecule has 0 saturated heterocycles. The number of amides is 1. The molecule has 1 amide bonds. The quantitative estimate of drug-likeness (QED) is 0.543. The van der Waals surface area contributed by atoms with Gasteiger partial charge in [-0.15, -0.1) is 5.10 Å². The highest BCUT2D eigenvalue weighted by molar-refractivity contribution is 7.10. The lowest BCUT2D eigenvalue weighted by atomic mass is 10.1. The van der Waals surface area contributed by atoms with E-state index in [2.05, 4.69) is 25.0 Å². The Balaban J connectivity index is 1.56. The molecule has 0 fully saturated rings. The molecule has 0 spiro atoms. The first-order chi connectivity index (χ1) is 14.1. The summed E-state index contributed by atoms with van der Waals surface area (Å²) in [6.07, 6.45) is 0. The van der Waals surface area contributed by atoms with Crippen molar-refractivity contribution in [3.05, 3.63) is 65.4 Å². The topological polar surface area (TPSA) is 94.8 Å². The molecule has 2 aromatic carbocycles. The number of rotatable bonds is 5. The van der Waals surface area contributed by atoms with Crippen LogP contribution < -0.4 is 10.1 Å². The number of anilines is 1. The fourth-order valence-electron chi connectivity index (χ4n) is 2.87. The Morgan fingerprint density at radius 1 is 1.10 bits per heavy atom. The molecule has 0 unspecified atom stereocenters. The first kappa shape index (κ1) is 18.8. The molecule has 2 aromatic heterocycles. The van der Waals surface area contributed by atoms with Crippen molar-refractivity contribution in [2.75, 3.05) is 12.4 Å². The van der Waals surface area contributed by atoms with E-state index in [9.17, 15) is 4.79 Å². The average Bonchev–Trinajstić information content (AvgIpc) is 3.34. The van der Waals surface area contributed by atoms with Crippen LogP contribution in [0.25, 0.3) is 17.2 Å². The zero-order valence-corrected chi connectivity index (χ0v) is 16.9. The van der Waals surface area contributed by atoms with E-state index >= 15 is 0 Å². The van der Waals surface area contributed by atoms with Crippen LogP contribution in [0.3, 0.4) is 0 Å². The van der Waals surface area contributed by atoms with Crippen molar-refractivity contribution in [3.63, 3.8) is 0 Å². The number of carbonyl (C=O) groups excluding carboxylic acids is 1. The Bertz CT molecular complexity index is 1170. The number of aromatic nitrogens is 5. The summed E-state index contributed by atoms with van der Waals surface area (Å²) in [6.45, 7) is 3.79. The molecule has 8 nitrogen and oxygen atoms in total. The van der Waals surface area contributed by atoms with Gasteiger partial charge in [0.2, 0.25) is 5.13 Å². The summed E-state index contributed by atoms with van der Waals surface area (Å²) < 4.78 is 11.2. The standard InChI is InChI=1S/C20H18N6O2S/c1-12-6-4-5-7-16(12)19(27)22-20-21-18(24-29-20)17-13(2)26(25-23-17)14-8-10-15(28-3)11-9-14/h4-11H,1-3H3,(H,21,22,24,27). The van der Waals surface area contributed by atoms with Gasteiger partial charge >= 0.3 is 0 Å². The van der Waals surface area contributed by atoms with Crippen molar-refractivity contribution >= 4 is 22.6 Å². The largest absolute Gasteiger partial charge is 0.497 e. The summed E-state index contributed by atoms with van der Waals surface area (Å²) in [7, 11) is 1.62. The van der Waals surface area contributed by atoms with Crippen LogP contribution in [-0.4, -0.2) is 37.4 Å². The van der Waals surface area contributed by atoms with Crippen LogP contribution in [0.2, 0.25) is 0 Å². The van der Waals surface area contributed by atoms with Gasteiger partial charge in [-0.25, -0.2) is 4.68 Å². The van der Waals surface area contributed by atoms with Crippen molar-refractivity contribution in [1.82, 2.24) is 24.4 Å². The second kappa shape index (κ2) is 7.80. The third-order valence-electron chi connectivity index (χ3n) is 4.46. The summed E-state index contributed by atoms with van der Waals surface area (Å²) in [5.74, 6) is 0.971. The van der Waals surface area contributed by atoms with Crippen molar-refractivity contribution in [2.24, 2.45) is 0 Å². The Morgan fingerprint density at radius 2 is 1.86 bits per heavy atom. The number of aryl methyl sites for hydroxylation is 1. The highest BCUT2D eigenvalue weighted by atomic mass is 32.1. The Labute approximate surface area is 171 Å². The lowest BCUT2D eigenvalue weighted by Gasteiger charge is -2.04. The van der Waals surface area contributed by atoms with E-state index < -0.39 is 0 Å². The van der Waals surface area contributed by atoms with Gasteiger partial charge in [0.05, 0.1) is 18.5 Å². The molecule has 0 bridgehead atoms. The van der Waals surface area contributed by atoms with Crippen LogP contribution in [0.5, 0.6) is 5.75 Å². The van der Waals surface area contributed by atoms with Gasteiger partial charge in [-0.3, -0.25) is 10.1 Å². The lowest BCUT2D eigenvalue weighted by Crippen LogP contribution is -2.13. The monoisotopic (exact) mass is 406 g/mol. The van der Waals surface area contributed by atoms with Crippen LogP contribution in [0.4, 0.5) is 5.13 Å². The molecule has 4 rings (SSSR count). The highest BCUT2D eigenvalue weighted by Gasteiger charge is 2.18. The van der Waals surface area contributed by atoms with E-state index in [0.717, 1.165) is 34.2 Å². The summed E-state index contributed by atoms with van der Waals surface area (Å²) in [5, 5.41) is 11.6. The molecular weight excluding hydrogens is 388 g/mol. The second-order valence-electron chi connectivity index (χ2n) is 6.33. The number of nitrogens with zero attached hydrogens (tertiary/aromatic N) is 5. The van der Waals surface area contributed by atoms with Gasteiger partial charge in [0.25, 0.3) is 5.91 Å². The van der Waals surface area contributed by atoms with Gasteiger partial charge in [-0.1, -0.05) is 23.4 Å². The zero-order chi connectivity index (χ0) is 20.4. The molecule has 0 atom stereocenters. The van der Waals surface area contributed by atoms with Gasteiger partial charge in [-0.2, -0.15) is 9.36 Å². The van der Waals surface area contributed by atoms with Crippen molar-refractivity contribution in [2.45, 2.75) is 13.8 Å². The normalized spacial score (nSPS) is 10.7. The number of ether oxygens (including phenoxy) is 1. The molecule has 146 valence electrons. The van der Waals surface area contributed by atoms with Crippen LogP contribution >= 0.6 is 11.5 Å². The Hall–Kier alpha value is -3.59. The van der Waals surface area contributed by atoms with Gasteiger partial charge in [0, 0.05) is 17.1 Å². The third kappa shape index (κ3) is 3.72. The fourth-order valence-corrected chi connectivity index (χ4v) is 3.43. The number of hydrogen-bond donors (Lipinski definition) is 1. The molecular formula is C20H18N6O2S. The predicted octanol–water partition coefficient (Wildman–Crippen LogP) is 3.66. The molecule has 9 heteroatoms. The molecule has 1 N–H and O–H groups in total. The summed E-state index contributed by atoms with van der Waals surface area (Å²) in [6, 6.07) is 14.9. The van der Waals surface area contributed by atoms with E-state index in [1.165, 1.54) is 0 Å². The lowest BCUT2D eigenvalue weighted by molar-refractivity contribution is 0.102. The molecule has 2 heterocycles. The molecule has 4 aromatic rings. The first-order valence-corrected chi connectivity index (χ1v) is 9.62. The molecule has 0 saturated carbocycles. The van der Waals surface area contributed by atoms with Crippen LogP contribution in [-0.2, 0) is 0 Å². The van der Waals surface area contributed by atoms with Crippen LogP contribution in [0.1, 0.15) is 21.6 Å². The fraction of sp³-hybridized carbons (Fsp3) is 0.150. The summed E-state index contributed by atoms with van der Waals surface area (Å²) >= 11 is 1.11. The number of hydrogen-bond acceptors (Lipinski definition) is 7. The maximum atomic E-state index is 12.5. The summed E-state index contributed by atoms with van der Waals surface area (Å²) in [5.41, 5.74) is 3.71. The van der Waals surface area contributed by atoms with Gasteiger partial charge in [0.15, 0.2) is 11.5 Å². The molecule has 29 heavy (non-hydrogen) atoms. The van der Waals surface area contributed by atoms with Gasteiger partial charge in [0.1, 0.15) is 5.75 Å². The van der Waals surface area contributed by atoms with Crippen molar-refractivity contribution in [3.8, 4) is 23.0 Å². The minimum absolute atomic E-state index is 0.218. The molecule has 0 radical (unpaired) electrons. The number of nitrogens with one attached hydrogen (secondary N) is 1. The number of methoxy groups -OCH3 is 1. The minimum atomic E-state index is -0.218. The predicted molar refractivity (Wildman–Crippen MR) is 111 cm³/mol. The average molecular weight is 406 g/mol. The second-order valence-corrected chi connectivity index (χ2v) is 7.08. The van der Waals surface area contributed by atoms with Crippen LogP contribution in [0.15, 0.2) is 48.5 Å². The molecule has 0 aliphatic heterocycles. The summed E-state index contributed by atoms with van der Waals surface area (Å²) in [4.78, 5) is 16.9. The van der Waals surface area contributed by atoms with Crippen LogP contribution in [0, 0.1) is 13.8 Å².